The number of nitrogens with one attached hydrogen (secondary N) is 3. The van der Waals surface area contributed by atoms with Gasteiger partial charge in [-0.25, -0.2) is 18.7 Å². The molecule has 0 aliphatic carbocycles. The number of rotatable bonds is 11. The maximum atomic E-state index is 14.1. The van der Waals surface area contributed by atoms with E-state index in [4.69, 9.17) is 11.6 Å². The van der Waals surface area contributed by atoms with Gasteiger partial charge in [-0.15, -0.1) is 0 Å². The lowest BCUT2D eigenvalue weighted by molar-refractivity contribution is -0.217. The minimum absolute atomic E-state index is 0.00852. The molecule has 58 heavy (non-hydrogen) atoms. The van der Waals surface area contributed by atoms with Crippen molar-refractivity contribution in [1.29, 1.82) is 0 Å². The second kappa shape index (κ2) is 16.0. The molecule has 4 unspecified atom stereocenters. The van der Waals surface area contributed by atoms with Gasteiger partial charge in [0, 0.05) is 55.9 Å². The fourth-order valence-corrected chi connectivity index (χ4v) is 8.80. The van der Waals surface area contributed by atoms with Crippen molar-refractivity contribution in [1.82, 2.24) is 44.9 Å². The first kappa shape index (κ1) is 42.4. The van der Waals surface area contributed by atoms with Gasteiger partial charge in [0.05, 0.1) is 35.6 Å². The van der Waals surface area contributed by atoms with Crippen LogP contribution in [0.15, 0.2) is 24.3 Å². The molecule has 8 heterocycles. The molecule has 4 aromatic rings. The van der Waals surface area contributed by atoms with E-state index in [1.54, 1.807) is 0 Å². The molecule has 10 rings (SSSR count). The number of hydrogen-bond donors (Lipinski definition) is 3. The van der Waals surface area contributed by atoms with Crippen LogP contribution in [0.1, 0.15) is 65.5 Å². The molecule has 1 amide bonds. The summed E-state index contributed by atoms with van der Waals surface area (Å²) in [6, 6.07) is 5.99. The summed E-state index contributed by atoms with van der Waals surface area (Å²) in [5, 5.41) is 3.26. The highest BCUT2D eigenvalue weighted by molar-refractivity contribution is 6.34. The van der Waals surface area contributed by atoms with Crippen LogP contribution in [0.2, 0.25) is 5.02 Å². The quantitative estimate of drug-likeness (QED) is 0.138. The molecule has 2 aromatic heterocycles. The molecule has 6 aliphatic rings. The summed E-state index contributed by atoms with van der Waals surface area (Å²) in [5.41, 5.74) is -0.681. The summed E-state index contributed by atoms with van der Waals surface area (Å²) in [4.78, 5) is 35.8. The van der Waals surface area contributed by atoms with Crippen LogP contribution in [0.25, 0.3) is 22.1 Å². The second-order valence-electron chi connectivity index (χ2n) is 17.6. The Balaban J connectivity index is 0.000000177. The number of aromatic nitrogens is 4. The number of aromatic amines is 2. The lowest BCUT2D eigenvalue weighted by atomic mass is 9.83. The second-order valence-corrected chi connectivity index (χ2v) is 18.0. The number of nitrogens with zero attached hydrogens (tertiary/aromatic N) is 6. The number of halogens is 8. The Morgan fingerprint density at radius 2 is 1.45 bits per heavy atom. The fourth-order valence-electron chi connectivity index (χ4n) is 8.55. The molecular weight excluding hydrogens is 795 g/mol. The van der Waals surface area contributed by atoms with E-state index >= 15 is 0 Å². The third kappa shape index (κ3) is 9.35. The van der Waals surface area contributed by atoms with Gasteiger partial charge in [0.25, 0.3) is 0 Å². The van der Waals surface area contributed by atoms with Gasteiger partial charge in [0.1, 0.15) is 34.0 Å². The Bertz CT molecular complexity index is 2100. The van der Waals surface area contributed by atoms with Gasteiger partial charge in [0.2, 0.25) is 5.91 Å². The lowest BCUT2D eigenvalue weighted by Gasteiger charge is -2.57. The number of carbonyl (C=O) groups is 1. The molecule has 6 saturated heterocycles. The number of alkyl halides is 5. The van der Waals surface area contributed by atoms with E-state index < -0.39 is 29.8 Å². The van der Waals surface area contributed by atoms with Crippen LogP contribution in [0.4, 0.5) is 30.7 Å². The zero-order chi connectivity index (χ0) is 41.9. The van der Waals surface area contributed by atoms with Crippen LogP contribution >= 0.6 is 11.6 Å². The van der Waals surface area contributed by atoms with Gasteiger partial charge in [-0.05, 0) is 70.8 Å². The van der Waals surface area contributed by atoms with E-state index in [9.17, 15) is 35.5 Å². The highest BCUT2D eigenvalue weighted by atomic mass is 35.5. The van der Waals surface area contributed by atoms with Crippen molar-refractivity contribution in [2.24, 2.45) is 5.41 Å². The molecular formula is C39H49ClF7N9O2. The largest absolute Gasteiger partial charge is 0.433 e. The smallest absolute Gasteiger partial charge is 0.394 e. The van der Waals surface area contributed by atoms with Gasteiger partial charge in [-0.1, -0.05) is 25.4 Å². The molecule has 318 valence electrons. The van der Waals surface area contributed by atoms with Crippen molar-refractivity contribution in [3.63, 3.8) is 0 Å². The van der Waals surface area contributed by atoms with E-state index in [-0.39, 0.29) is 63.8 Å². The molecule has 6 fully saturated rings. The maximum Gasteiger partial charge on any atom is 0.394 e. The SMILES string of the molecule is CC(C)(C)NC(=O)CN1C2CC1CN(Cc1nc3c(F)ccc(OC(F)F)c3[nH]1)C2.CC(C)(CCN1C2CC1CN(Cc1nc3c(Cl)cc(F)cc3[nH]1)C2)C(F)(F)F. The van der Waals surface area contributed by atoms with E-state index in [0.29, 0.717) is 48.9 Å². The van der Waals surface area contributed by atoms with Crippen molar-refractivity contribution >= 4 is 39.6 Å². The number of piperazine rings is 2. The van der Waals surface area contributed by atoms with Crippen molar-refractivity contribution in [3.8, 4) is 5.75 Å². The summed E-state index contributed by atoms with van der Waals surface area (Å²) in [5.74, 6) is 0.0970. The molecule has 4 bridgehead atoms. The zero-order valence-corrected chi connectivity index (χ0v) is 33.8. The minimum Gasteiger partial charge on any atom is -0.433 e. The summed E-state index contributed by atoms with van der Waals surface area (Å²) in [7, 11) is 0. The zero-order valence-electron chi connectivity index (χ0n) is 33.0. The molecule has 0 radical (unpaired) electrons. The highest BCUT2D eigenvalue weighted by Gasteiger charge is 2.50. The summed E-state index contributed by atoms with van der Waals surface area (Å²) in [6.07, 6.45) is -2.00. The standard InChI is InChI=1S/C20H26F3N5O2.C19H23ClF4N4/c1-20(2,3)26-16(29)10-28-11-6-12(28)8-27(7-11)9-15-24-17-13(21)4-5-14(18(17)25-15)30-19(22)23;1-18(2,19(22,23)24)3-4-28-12-7-13(28)9-27(8-12)10-16-25-15-6-11(21)5-14(20)17(15)26-16/h4-5,11-12,19H,6-10H2,1-3H3,(H,24,25)(H,26,29);5-6,12-13H,3-4,7-10H2,1-2H3,(H,25,26). The monoisotopic (exact) mass is 843 g/mol. The first-order valence-corrected chi connectivity index (χ1v) is 19.8. The minimum atomic E-state index is -4.18. The summed E-state index contributed by atoms with van der Waals surface area (Å²) in [6.45, 7) is 10.4. The summed E-state index contributed by atoms with van der Waals surface area (Å²) >= 11 is 6.05. The Kier molecular flexibility index (Phi) is 11.7. The van der Waals surface area contributed by atoms with Crippen LogP contribution in [0.3, 0.4) is 0 Å². The Hall–Kier alpha value is -3.71. The number of piperidine rings is 2. The highest BCUT2D eigenvalue weighted by Crippen LogP contribution is 2.42. The van der Waals surface area contributed by atoms with Crippen molar-refractivity contribution in [2.75, 3.05) is 39.3 Å². The van der Waals surface area contributed by atoms with Crippen molar-refractivity contribution in [2.45, 2.75) is 109 Å². The molecule has 2 aromatic carbocycles. The topological polar surface area (TPSA) is 109 Å². The number of imidazole rings is 2. The van der Waals surface area contributed by atoms with E-state index in [1.807, 2.05) is 20.8 Å². The van der Waals surface area contributed by atoms with E-state index in [1.165, 1.54) is 32.0 Å². The predicted molar refractivity (Wildman–Crippen MR) is 204 cm³/mol. The number of carbonyl (C=O) groups excluding carboxylic acids is 1. The number of ether oxygens (including phenoxy) is 1. The number of hydrogen-bond acceptors (Lipinski definition) is 8. The molecule has 6 aliphatic heterocycles. The van der Waals surface area contributed by atoms with Crippen LogP contribution in [-0.2, 0) is 17.9 Å². The van der Waals surface area contributed by atoms with Crippen molar-refractivity contribution < 1.29 is 40.3 Å². The first-order chi connectivity index (χ1) is 27.1. The van der Waals surface area contributed by atoms with Gasteiger partial charge in [0.15, 0.2) is 11.6 Å². The van der Waals surface area contributed by atoms with Crippen molar-refractivity contribution in [3.05, 3.63) is 52.6 Å². The molecule has 0 spiro atoms. The molecule has 19 heteroatoms. The van der Waals surface area contributed by atoms with Gasteiger partial charge < -0.3 is 20.0 Å². The van der Waals surface area contributed by atoms with E-state index in [0.717, 1.165) is 45.1 Å². The van der Waals surface area contributed by atoms with Crippen LogP contribution in [0, 0.1) is 17.0 Å². The molecule has 4 atom stereocenters. The third-order valence-corrected chi connectivity index (χ3v) is 11.9. The molecule has 3 N–H and O–H groups in total. The number of amides is 1. The van der Waals surface area contributed by atoms with E-state index in [2.05, 4.69) is 49.6 Å². The average molecular weight is 844 g/mol. The Morgan fingerprint density at radius 1 is 0.879 bits per heavy atom. The Labute approximate surface area is 336 Å². The van der Waals surface area contributed by atoms with Crippen LogP contribution in [0.5, 0.6) is 5.75 Å². The Morgan fingerprint density at radius 3 is 2.02 bits per heavy atom. The third-order valence-electron chi connectivity index (χ3n) is 11.6. The molecule has 0 saturated carbocycles. The first-order valence-electron chi connectivity index (χ1n) is 19.4. The molecule has 11 nitrogen and oxygen atoms in total. The van der Waals surface area contributed by atoms with Crippen LogP contribution < -0.4 is 10.1 Å². The van der Waals surface area contributed by atoms with Gasteiger partial charge >= 0.3 is 12.8 Å². The fraction of sp³-hybridized carbons (Fsp3) is 0.615. The number of fused-ring (bicyclic) bond motifs is 6. The number of benzene rings is 2. The lowest BCUT2D eigenvalue weighted by Crippen LogP contribution is -2.69. The van der Waals surface area contributed by atoms with Gasteiger partial charge in [-0.2, -0.15) is 22.0 Å². The predicted octanol–water partition coefficient (Wildman–Crippen LogP) is 7.07. The summed E-state index contributed by atoms with van der Waals surface area (Å²) < 4.78 is 96.4. The van der Waals surface area contributed by atoms with Crippen LogP contribution in [-0.4, -0.2) is 127 Å². The van der Waals surface area contributed by atoms with Gasteiger partial charge in [-0.3, -0.25) is 24.4 Å². The normalized spacial score (nSPS) is 23.1. The maximum absolute atomic E-state index is 14.1. The average Bonchev–Trinajstić information content (AvgIpc) is 3.72. The number of H-pyrrole nitrogens is 2.